The molecule has 0 unspecified atom stereocenters. The van der Waals surface area contributed by atoms with Crippen LogP contribution in [0, 0.1) is 5.82 Å². The third-order valence-corrected chi connectivity index (χ3v) is 4.41. The van der Waals surface area contributed by atoms with E-state index < -0.39 is 5.82 Å². The number of rotatable bonds is 3. The van der Waals surface area contributed by atoms with Crippen LogP contribution in [0.25, 0.3) is 11.1 Å². The summed E-state index contributed by atoms with van der Waals surface area (Å²) in [5.41, 5.74) is 2.01. The van der Waals surface area contributed by atoms with Crippen LogP contribution >= 0.6 is 0 Å². The Morgan fingerprint density at radius 3 is 2.35 bits per heavy atom. The van der Waals surface area contributed by atoms with E-state index in [1.165, 1.54) is 6.07 Å². The first-order chi connectivity index (χ1) is 11.2. The summed E-state index contributed by atoms with van der Waals surface area (Å²) in [6, 6.07) is 14.5. The molecule has 1 heterocycles. The van der Waals surface area contributed by atoms with Gasteiger partial charge in [-0.15, -0.1) is 0 Å². The quantitative estimate of drug-likeness (QED) is 0.868. The van der Waals surface area contributed by atoms with Crippen molar-refractivity contribution in [3.8, 4) is 11.1 Å². The smallest absolute Gasteiger partial charge is 0.256 e. The maximum absolute atomic E-state index is 14.2. The second-order valence-electron chi connectivity index (χ2n) is 5.79. The van der Waals surface area contributed by atoms with Crippen molar-refractivity contribution in [3.05, 3.63) is 59.9 Å². The first-order valence-corrected chi connectivity index (χ1v) is 8.05. The molecule has 0 radical (unpaired) electrons. The zero-order valence-electron chi connectivity index (χ0n) is 13.3. The van der Waals surface area contributed by atoms with Crippen molar-refractivity contribution >= 4 is 5.91 Å². The summed E-state index contributed by atoms with van der Waals surface area (Å²) in [6.45, 7) is 6.11. The number of carbonyl (C=O) groups is 1. The lowest BCUT2D eigenvalue weighted by molar-refractivity contribution is 0.0639. The molecule has 3 nitrogen and oxygen atoms in total. The average Bonchev–Trinajstić information content (AvgIpc) is 2.62. The molecule has 1 fully saturated rings. The van der Waals surface area contributed by atoms with Crippen molar-refractivity contribution in [1.29, 1.82) is 0 Å². The molecule has 0 spiro atoms. The number of halogens is 1. The van der Waals surface area contributed by atoms with E-state index in [4.69, 9.17) is 0 Å². The van der Waals surface area contributed by atoms with Crippen molar-refractivity contribution in [2.45, 2.75) is 6.92 Å². The van der Waals surface area contributed by atoms with Gasteiger partial charge in [-0.1, -0.05) is 43.3 Å². The van der Waals surface area contributed by atoms with E-state index in [0.717, 1.165) is 30.8 Å². The summed E-state index contributed by atoms with van der Waals surface area (Å²) in [7, 11) is 0. The fourth-order valence-corrected chi connectivity index (χ4v) is 2.94. The lowest BCUT2D eigenvalue weighted by Crippen LogP contribution is -2.48. The maximum Gasteiger partial charge on any atom is 0.256 e. The molecular weight excluding hydrogens is 291 g/mol. The van der Waals surface area contributed by atoms with Crippen LogP contribution in [0.15, 0.2) is 48.5 Å². The number of hydrogen-bond acceptors (Lipinski definition) is 2. The van der Waals surface area contributed by atoms with Crippen LogP contribution in [0.5, 0.6) is 0 Å². The summed E-state index contributed by atoms with van der Waals surface area (Å²) in [5.74, 6) is -0.663. The predicted octanol–water partition coefficient (Wildman–Crippen LogP) is 3.27. The highest BCUT2D eigenvalue weighted by Crippen LogP contribution is 2.23. The molecule has 3 rings (SSSR count). The number of nitrogens with zero attached hydrogens (tertiary/aromatic N) is 2. The van der Waals surface area contributed by atoms with Crippen LogP contribution in [-0.4, -0.2) is 48.4 Å². The number of piperazine rings is 1. The van der Waals surface area contributed by atoms with Crippen molar-refractivity contribution in [2.24, 2.45) is 0 Å². The second kappa shape index (κ2) is 6.92. The van der Waals surface area contributed by atoms with Crippen LogP contribution in [0.2, 0.25) is 0 Å². The predicted molar refractivity (Wildman–Crippen MR) is 89.9 cm³/mol. The number of likely N-dealkylation sites (N-methyl/N-ethyl adjacent to an activating group) is 1. The normalized spacial score (nSPS) is 15.7. The van der Waals surface area contributed by atoms with Gasteiger partial charge in [0, 0.05) is 26.2 Å². The Hall–Kier alpha value is -2.20. The monoisotopic (exact) mass is 312 g/mol. The van der Waals surface area contributed by atoms with Gasteiger partial charge in [0.2, 0.25) is 0 Å². The molecule has 0 N–H and O–H groups in total. The van der Waals surface area contributed by atoms with Crippen molar-refractivity contribution < 1.29 is 9.18 Å². The first-order valence-electron chi connectivity index (χ1n) is 8.05. The van der Waals surface area contributed by atoms with E-state index in [1.807, 2.05) is 30.3 Å². The van der Waals surface area contributed by atoms with Gasteiger partial charge in [0.15, 0.2) is 0 Å². The largest absolute Gasteiger partial charge is 0.336 e. The Bertz CT molecular complexity index is 679. The molecule has 120 valence electrons. The fraction of sp³-hybridized carbons (Fsp3) is 0.316. The van der Waals surface area contributed by atoms with Crippen LogP contribution in [-0.2, 0) is 0 Å². The SMILES string of the molecule is CCN1CCN(C(=O)c2cc(-c3ccccc3)ccc2F)CC1. The lowest BCUT2D eigenvalue weighted by Gasteiger charge is -2.34. The molecule has 0 aliphatic carbocycles. The standard InChI is InChI=1S/C19H21FN2O/c1-2-21-10-12-22(13-11-21)19(23)17-14-16(8-9-18(17)20)15-6-4-3-5-7-15/h3-9,14H,2,10-13H2,1H3. The average molecular weight is 312 g/mol. The van der Waals surface area contributed by atoms with E-state index in [2.05, 4.69) is 11.8 Å². The van der Waals surface area contributed by atoms with E-state index in [1.54, 1.807) is 17.0 Å². The molecule has 0 saturated carbocycles. The van der Waals surface area contributed by atoms with Crippen LogP contribution < -0.4 is 0 Å². The summed E-state index contributed by atoms with van der Waals surface area (Å²) in [6.07, 6.45) is 0. The molecule has 1 aliphatic heterocycles. The van der Waals surface area contributed by atoms with Crippen LogP contribution in [0.4, 0.5) is 4.39 Å². The van der Waals surface area contributed by atoms with Gasteiger partial charge in [0.1, 0.15) is 5.82 Å². The van der Waals surface area contributed by atoms with Crippen LogP contribution in [0.1, 0.15) is 17.3 Å². The van der Waals surface area contributed by atoms with Crippen molar-refractivity contribution in [2.75, 3.05) is 32.7 Å². The van der Waals surface area contributed by atoms with Gasteiger partial charge in [-0.05, 0) is 29.8 Å². The fourth-order valence-electron chi connectivity index (χ4n) is 2.94. The Labute approximate surface area is 136 Å². The maximum atomic E-state index is 14.2. The molecule has 1 aliphatic rings. The zero-order valence-corrected chi connectivity index (χ0v) is 13.3. The first kappa shape index (κ1) is 15.7. The minimum Gasteiger partial charge on any atom is -0.336 e. The third-order valence-electron chi connectivity index (χ3n) is 4.41. The van der Waals surface area contributed by atoms with E-state index in [9.17, 15) is 9.18 Å². The van der Waals surface area contributed by atoms with Gasteiger partial charge in [0.05, 0.1) is 5.56 Å². The summed E-state index contributed by atoms with van der Waals surface area (Å²) < 4.78 is 14.2. The van der Waals surface area contributed by atoms with E-state index in [-0.39, 0.29) is 11.5 Å². The topological polar surface area (TPSA) is 23.6 Å². The second-order valence-corrected chi connectivity index (χ2v) is 5.79. The molecule has 0 atom stereocenters. The summed E-state index contributed by atoms with van der Waals surface area (Å²) in [4.78, 5) is 16.7. The zero-order chi connectivity index (χ0) is 16.2. The van der Waals surface area contributed by atoms with Gasteiger partial charge in [-0.2, -0.15) is 0 Å². The molecule has 0 bridgehead atoms. The van der Waals surface area contributed by atoms with Gasteiger partial charge in [0.25, 0.3) is 5.91 Å². The highest BCUT2D eigenvalue weighted by Gasteiger charge is 2.23. The van der Waals surface area contributed by atoms with Gasteiger partial charge >= 0.3 is 0 Å². The summed E-state index contributed by atoms with van der Waals surface area (Å²) in [5, 5.41) is 0. The molecule has 2 aromatic carbocycles. The van der Waals surface area contributed by atoms with E-state index >= 15 is 0 Å². The van der Waals surface area contributed by atoms with Crippen LogP contribution in [0.3, 0.4) is 0 Å². The van der Waals surface area contributed by atoms with Gasteiger partial charge < -0.3 is 9.80 Å². The molecule has 4 heteroatoms. The molecule has 0 aromatic heterocycles. The Kier molecular flexibility index (Phi) is 4.72. The number of carbonyl (C=O) groups excluding carboxylic acids is 1. The highest BCUT2D eigenvalue weighted by atomic mass is 19.1. The van der Waals surface area contributed by atoms with Gasteiger partial charge in [-0.3, -0.25) is 4.79 Å². The molecule has 23 heavy (non-hydrogen) atoms. The third kappa shape index (κ3) is 3.42. The van der Waals surface area contributed by atoms with Crippen molar-refractivity contribution in [1.82, 2.24) is 9.80 Å². The lowest BCUT2D eigenvalue weighted by atomic mass is 10.0. The Balaban J connectivity index is 1.83. The highest BCUT2D eigenvalue weighted by molar-refractivity contribution is 5.95. The molecular formula is C19H21FN2O. The number of benzene rings is 2. The number of amides is 1. The molecule has 1 saturated heterocycles. The molecule has 2 aromatic rings. The van der Waals surface area contributed by atoms with E-state index in [0.29, 0.717) is 13.1 Å². The molecule has 1 amide bonds. The minimum atomic E-state index is -0.451. The Morgan fingerprint density at radius 2 is 1.70 bits per heavy atom. The van der Waals surface area contributed by atoms with Gasteiger partial charge in [-0.25, -0.2) is 4.39 Å². The number of hydrogen-bond donors (Lipinski definition) is 0. The van der Waals surface area contributed by atoms with Crippen molar-refractivity contribution in [3.63, 3.8) is 0 Å². The summed E-state index contributed by atoms with van der Waals surface area (Å²) >= 11 is 0. The minimum absolute atomic E-state index is 0.163. The Morgan fingerprint density at radius 1 is 1.00 bits per heavy atom.